The number of aryl methyl sites for hydroxylation is 1. The van der Waals surface area contributed by atoms with Crippen molar-refractivity contribution in [3.63, 3.8) is 0 Å². The Morgan fingerprint density at radius 3 is 2.42 bits per heavy atom. The van der Waals surface area contributed by atoms with Gasteiger partial charge in [0.05, 0.1) is 17.1 Å². The van der Waals surface area contributed by atoms with Gasteiger partial charge in [0.25, 0.3) is 15.9 Å². The predicted molar refractivity (Wildman–Crippen MR) is 115 cm³/mol. The normalized spacial score (nSPS) is 11.4. The number of pyridine rings is 1. The zero-order chi connectivity index (χ0) is 22.0. The fourth-order valence-electron chi connectivity index (χ4n) is 3.07. The summed E-state index contributed by atoms with van der Waals surface area (Å²) in [5.41, 5.74) is 3.11. The van der Waals surface area contributed by atoms with Crippen molar-refractivity contribution in [1.82, 2.24) is 14.7 Å². The van der Waals surface area contributed by atoms with Gasteiger partial charge in [-0.3, -0.25) is 9.52 Å². The maximum Gasteiger partial charge on any atom is 0.261 e. The molecule has 158 valence electrons. The smallest absolute Gasteiger partial charge is 0.261 e. The zero-order valence-corrected chi connectivity index (χ0v) is 17.4. The number of nitrogens with one attached hydrogen (secondary N) is 2. The van der Waals surface area contributed by atoms with Gasteiger partial charge in [0, 0.05) is 23.1 Å². The molecule has 31 heavy (non-hydrogen) atoms. The number of benzene rings is 2. The molecule has 2 N–H and O–H groups in total. The van der Waals surface area contributed by atoms with E-state index in [1.54, 1.807) is 0 Å². The summed E-state index contributed by atoms with van der Waals surface area (Å²) in [6.07, 6.45) is 1.86. The Balaban J connectivity index is 1.42. The van der Waals surface area contributed by atoms with Crippen LogP contribution in [0.3, 0.4) is 0 Å². The average molecular weight is 438 g/mol. The van der Waals surface area contributed by atoms with Crippen molar-refractivity contribution in [3.8, 4) is 0 Å². The Labute approximate surface area is 178 Å². The first-order valence-electron chi connectivity index (χ1n) is 9.42. The van der Waals surface area contributed by atoms with Gasteiger partial charge in [-0.1, -0.05) is 6.07 Å². The van der Waals surface area contributed by atoms with Gasteiger partial charge in [0.2, 0.25) is 0 Å². The second kappa shape index (κ2) is 8.19. The molecule has 0 aliphatic rings. The van der Waals surface area contributed by atoms with E-state index in [0.29, 0.717) is 11.3 Å². The number of sulfonamides is 1. The van der Waals surface area contributed by atoms with Crippen LogP contribution in [-0.4, -0.2) is 23.7 Å². The number of carbonyl (C=O) groups excluding carboxylic acids is 1. The first-order valence-corrected chi connectivity index (χ1v) is 10.9. The third-order valence-electron chi connectivity index (χ3n) is 4.70. The Bertz CT molecular complexity index is 1350. The topological polar surface area (TPSA) is 92.6 Å². The quantitative estimate of drug-likeness (QED) is 0.482. The van der Waals surface area contributed by atoms with E-state index in [4.69, 9.17) is 0 Å². The minimum absolute atomic E-state index is 0.01000. The molecule has 0 fully saturated rings. The summed E-state index contributed by atoms with van der Waals surface area (Å²) < 4.78 is 42.2. The molecule has 2 heterocycles. The molecule has 0 saturated heterocycles. The van der Waals surface area contributed by atoms with E-state index in [2.05, 4.69) is 15.0 Å². The van der Waals surface area contributed by atoms with Crippen LogP contribution in [0.1, 0.15) is 21.7 Å². The van der Waals surface area contributed by atoms with E-state index in [-0.39, 0.29) is 23.0 Å². The number of aromatic nitrogens is 2. The summed E-state index contributed by atoms with van der Waals surface area (Å²) in [6, 6.07) is 16.3. The van der Waals surface area contributed by atoms with E-state index in [0.717, 1.165) is 23.5 Å². The number of rotatable bonds is 6. The largest absolute Gasteiger partial charge is 0.346 e. The number of amides is 1. The molecular weight excluding hydrogens is 419 g/mol. The Morgan fingerprint density at radius 2 is 1.74 bits per heavy atom. The molecule has 0 unspecified atom stereocenters. The van der Waals surface area contributed by atoms with E-state index in [1.165, 1.54) is 36.4 Å². The zero-order valence-electron chi connectivity index (χ0n) is 16.5. The van der Waals surface area contributed by atoms with Crippen LogP contribution in [0.2, 0.25) is 0 Å². The van der Waals surface area contributed by atoms with Crippen LogP contribution in [0.25, 0.3) is 5.65 Å². The molecule has 2 aromatic heterocycles. The van der Waals surface area contributed by atoms with Gasteiger partial charge in [0.15, 0.2) is 0 Å². The Hall–Kier alpha value is -3.72. The SMILES string of the molecule is Cc1cccc2nc(CNC(=O)c3ccc(S(=O)(=O)Nc4ccc(F)cc4)cc3)cn12. The highest BCUT2D eigenvalue weighted by molar-refractivity contribution is 7.92. The summed E-state index contributed by atoms with van der Waals surface area (Å²) in [7, 11) is -3.86. The molecule has 0 radical (unpaired) electrons. The molecule has 0 spiro atoms. The van der Waals surface area contributed by atoms with Crippen LogP contribution in [0.5, 0.6) is 0 Å². The fraction of sp³-hybridized carbons (Fsp3) is 0.0909. The Kier molecular flexibility index (Phi) is 5.43. The number of carbonyl (C=O) groups is 1. The van der Waals surface area contributed by atoms with Crippen LogP contribution in [0.4, 0.5) is 10.1 Å². The highest BCUT2D eigenvalue weighted by Gasteiger charge is 2.15. The number of anilines is 1. The van der Waals surface area contributed by atoms with E-state index >= 15 is 0 Å². The number of hydrogen-bond donors (Lipinski definition) is 2. The minimum Gasteiger partial charge on any atom is -0.346 e. The second-order valence-electron chi connectivity index (χ2n) is 6.95. The molecular formula is C22H19FN4O3S. The maximum atomic E-state index is 13.0. The van der Waals surface area contributed by atoms with Gasteiger partial charge < -0.3 is 9.72 Å². The first kappa shape index (κ1) is 20.5. The van der Waals surface area contributed by atoms with Crippen LogP contribution in [-0.2, 0) is 16.6 Å². The fourth-order valence-corrected chi connectivity index (χ4v) is 4.13. The van der Waals surface area contributed by atoms with Crippen molar-refractivity contribution in [2.45, 2.75) is 18.4 Å². The minimum atomic E-state index is -3.86. The number of nitrogens with zero attached hydrogens (tertiary/aromatic N) is 2. The molecule has 0 atom stereocenters. The van der Waals surface area contributed by atoms with Crippen LogP contribution in [0.15, 0.2) is 77.8 Å². The third-order valence-corrected chi connectivity index (χ3v) is 6.10. The van der Waals surface area contributed by atoms with Crippen LogP contribution in [0, 0.1) is 12.7 Å². The number of hydrogen-bond acceptors (Lipinski definition) is 4. The van der Waals surface area contributed by atoms with Crippen LogP contribution < -0.4 is 10.0 Å². The lowest BCUT2D eigenvalue weighted by molar-refractivity contribution is 0.0950. The van der Waals surface area contributed by atoms with Gasteiger partial charge in [-0.25, -0.2) is 17.8 Å². The highest BCUT2D eigenvalue weighted by Crippen LogP contribution is 2.17. The molecule has 9 heteroatoms. The lowest BCUT2D eigenvalue weighted by Gasteiger charge is -2.09. The van der Waals surface area contributed by atoms with Gasteiger partial charge in [-0.2, -0.15) is 0 Å². The number of fused-ring (bicyclic) bond motifs is 1. The molecule has 0 saturated carbocycles. The molecule has 0 aliphatic carbocycles. The van der Waals surface area contributed by atoms with Crippen molar-refractivity contribution in [1.29, 1.82) is 0 Å². The molecule has 1 amide bonds. The molecule has 7 nitrogen and oxygen atoms in total. The molecule has 0 aliphatic heterocycles. The molecule has 0 bridgehead atoms. The lowest BCUT2D eigenvalue weighted by Crippen LogP contribution is -2.23. The van der Waals surface area contributed by atoms with Gasteiger partial charge in [-0.05, 0) is 67.6 Å². The first-order chi connectivity index (χ1) is 14.8. The Morgan fingerprint density at radius 1 is 1.03 bits per heavy atom. The lowest BCUT2D eigenvalue weighted by atomic mass is 10.2. The molecule has 4 aromatic rings. The van der Waals surface area contributed by atoms with Gasteiger partial charge in [-0.15, -0.1) is 0 Å². The van der Waals surface area contributed by atoms with Gasteiger partial charge in [0.1, 0.15) is 11.5 Å². The van der Waals surface area contributed by atoms with Crippen molar-refractivity contribution in [2.24, 2.45) is 0 Å². The summed E-state index contributed by atoms with van der Waals surface area (Å²) in [6.45, 7) is 2.21. The average Bonchev–Trinajstić information content (AvgIpc) is 3.18. The molecule has 4 rings (SSSR count). The van der Waals surface area contributed by atoms with Crippen molar-refractivity contribution in [3.05, 3.63) is 95.7 Å². The van der Waals surface area contributed by atoms with E-state index in [9.17, 15) is 17.6 Å². The standard InChI is InChI=1S/C22H19FN4O3S/c1-15-3-2-4-21-25-19(14-27(15)21)13-24-22(28)16-5-11-20(12-6-16)31(29,30)26-18-9-7-17(23)8-10-18/h2-12,14,26H,13H2,1H3,(H,24,28). The van der Waals surface area contributed by atoms with Crippen molar-refractivity contribution in [2.75, 3.05) is 4.72 Å². The summed E-state index contributed by atoms with van der Waals surface area (Å²) in [5.74, 6) is -0.804. The predicted octanol–water partition coefficient (Wildman–Crippen LogP) is 3.51. The maximum absolute atomic E-state index is 13.0. The van der Waals surface area contributed by atoms with Crippen LogP contribution >= 0.6 is 0 Å². The van der Waals surface area contributed by atoms with Gasteiger partial charge >= 0.3 is 0 Å². The van der Waals surface area contributed by atoms with E-state index < -0.39 is 15.8 Å². The third kappa shape index (κ3) is 4.56. The number of imidazole rings is 1. The van der Waals surface area contributed by atoms with Crippen molar-refractivity contribution < 1.29 is 17.6 Å². The summed E-state index contributed by atoms with van der Waals surface area (Å²) >= 11 is 0. The highest BCUT2D eigenvalue weighted by atomic mass is 32.2. The summed E-state index contributed by atoms with van der Waals surface area (Å²) in [5, 5.41) is 2.78. The molecule has 2 aromatic carbocycles. The monoisotopic (exact) mass is 438 g/mol. The van der Waals surface area contributed by atoms with E-state index in [1.807, 2.05) is 35.7 Å². The second-order valence-corrected chi connectivity index (χ2v) is 8.63. The summed E-state index contributed by atoms with van der Waals surface area (Å²) in [4.78, 5) is 16.9. The van der Waals surface area contributed by atoms with Crippen molar-refractivity contribution >= 4 is 27.3 Å². The number of halogens is 1.